The number of fused-ring (bicyclic) bond motifs is 1. The normalized spacial score (nSPS) is 19.7. The molecule has 0 bridgehead atoms. The van der Waals surface area contributed by atoms with Gasteiger partial charge >= 0.3 is 0 Å². The van der Waals surface area contributed by atoms with E-state index in [1.807, 2.05) is 18.2 Å². The molecule has 1 atom stereocenters. The maximum atomic E-state index is 13.2. The zero-order valence-corrected chi connectivity index (χ0v) is 18.3. The number of amides is 1. The molecule has 1 amide bonds. The Morgan fingerprint density at radius 2 is 1.97 bits per heavy atom. The highest BCUT2D eigenvalue weighted by molar-refractivity contribution is 7.99. The highest BCUT2D eigenvalue weighted by Crippen LogP contribution is 2.36. The predicted octanol–water partition coefficient (Wildman–Crippen LogP) is 2.68. The third-order valence-corrected chi connectivity index (χ3v) is 8.32. The molecule has 2 aliphatic rings. The summed E-state index contributed by atoms with van der Waals surface area (Å²) >= 11 is 1.78. The van der Waals surface area contributed by atoms with E-state index in [9.17, 15) is 13.2 Å². The first-order chi connectivity index (χ1) is 14.5. The second-order valence-electron chi connectivity index (χ2n) is 7.08. The average Bonchev–Trinajstić information content (AvgIpc) is 2.79. The topological polar surface area (TPSA) is 84.9 Å². The summed E-state index contributed by atoms with van der Waals surface area (Å²) in [5, 5.41) is 3.07. The molecule has 0 radical (unpaired) electrons. The maximum absolute atomic E-state index is 13.2. The van der Waals surface area contributed by atoms with E-state index in [2.05, 4.69) is 11.4 Å². The first kappa shape index (κ1) is 21.2. The molecule has 1 saturated heterocycles. The Bertz CT molecular complexity index is 1040. The van der Waals surface area contributed by atoms with Crippen LogP contribution >= 0.6 is 11.8 Å². The van der Waals surface area contributed by atoms with Crippen molar-refractivity contribution in [3.63, 3.8) is 0 Å². The number of hydrogen-bond acceptors (Lipinski definition) is 6. The fraction of sp³-hybridized carbons (Fsp3) is 0.381. The van der Waals surface area contributed by atoms with Crippen LogP contribution in [0.5, 0.6) is 5.75 Å². The van der Waals surface area contributed by atoms with E-state index in [0.717, 1.165) is 17.7 Å². The number of nitrogens with one attached hydrogen (secondary N) is 1. The highest BCUT2D eigenvalue weighted by Gasteiger charge is 2.30. The van der Waals surface area contributed by atoms with Crippen molar-refractivity contribution in [2.24, 2.45) is 0 Å². The van der Waals surface area contributed by atoms with Crippen LogP contribution in [0.3, 0.4) is 0 Å². The fourth-order valence-electron chi connectivity index (χ4n) is 3.68. The highest BCUT2D eigenvalue weighted by atomic mass is 32.2. The summed E-state index contributed by atoms with van der Waals surface area (Å²) in [6.45, 7) is 1.25. The molecule has 2 aliphatic heterocycles. The number of benzene rings is 2. The second-order valence-corrected chi connectivity index (χ2v) is 10.1. The minimum absolute atomic E-state index is 0.000787. The number of morpholine rings is 1. The lowest BCUT2D eigenvalue weighted by atomic mass is 10.0. The fourth-order valence-corrected chi connectivity index (χ4v) is 6.39. The van der Waals surface area contributed by atoms with E-state index in [4.69, 9.17) is 9.47 Å². The minimum atomic E-state index is -3.80. The third-order valence-electron chi connectivity index (χ3n) is 5.28. The van der Waals surface area contributed by atoms with E-state index in [1.54, 1.807) is 17.8 Å². The standard InChI is InChI=1S/C21H24N2O5S2/c1-27-18-7-6-15(14-20(18)30(25,26)23-9-11-28-12-10-23)21(24)22-17-8-13-29-19-5-3-2-4-16(17)19/h2-7,14,17H,8-13H2,1H3,(H,22,24)/t17-/m0/s1. The molecule has 0 unspecified atom stereocenters. The van der Waals surface area contributed by atoms with Crippen LogP contribution in [0.1, 0.15) is 28.4 Å². The number of sulfonamides is 1. The van der Waals surface area contributed by atoms with Crippen molar-refractivity contribution < 1.29 is 22.7 Å². The molecule has 0 spiro atoms. The first-order valence-corrected chi connectivity index (χ1v) is 12.2. The molecule has 30 heavy (non-hydrogen) atoms. The molecular weight excluding hydrogens is 424 g/mol. The van der Waals surface area contributed by atoms with Gasteiger partial charge in [-0.3, -0.25) is 4.79 Å². The van der Waals surface area contributed by atoms with Crippen molar-refractivity contribution in [2.75, 3.05) is 39.2 Å². The SMILES string of the molecule is COc1ccc(C(=O)N[C@H]2CCSc3ccccc32)cc1S(=O)(=O)N1CCOCC1. The molecular formula is C21H24N2O5S2. The van der Waals surface area contributed by atoms with Gasteiger partial charge in [0.25, 0.3) is 5.91 Å². The number of methoxy groups -OCH3 is 1. The molecule has 160 valence electrons. The average molecular weight is 449 g/mol. The largest absolute Gasteiger partial charge is 0.495 e. The summed E-state index contributed by atoms with van der Waals surface area (Å²) in [5.74, 6) is 0.835. The lowest BCUT2D eigenvalue weighted by Gasteiger charge is -2.27. The molecule has 2 heterocycles. The van der Waals surface area contributed by atoms with Crippen LogP contribution in [0.15, 0.2) is 52.3 Å². The van der Waals surface area contributed by atoms with Gasteiger partial charge in [-0.05, 0) is 36.2 Å². The van der Waals surface area contributed by atoms with Crippen LogP contribution < -0.4 is 10.1 Å². The summed E-state index contributed by atoms with van der Waals surface area (Å²) in [6.07, 6.45) is 0.822. The summed E-state index contributed by atoms with van der Waals surface area (Å²) in [6, 6.07) is 12.5. The number of hydrogen-bond donors (Lipinski definition) is 1. The lowest BCUT2D eigenvalue weighted by Crippen LogP contribution is -2.40. The molecule has 1 N–H and O–H groups in total. The van der Waals surface area contributed by atoms with Crippen LogP contribution in [0.4, 0.5) is 0 Å². The molecule has 1 fully saturated rings. The van der Waals surface area contributed by atoms with Gasteiger partial charge in [-0.25, -0.2) is 8.42 Å². The Morgan fingerprint density at radius 3 is 2.73 bits per heavy atom. The molecule has 0 saturated carbocycles. The van der Waals surface area contributed by atoms with Crippen LogP contribution in [-0.2, 0) is 14.8 Å². The van der Waals surface area contributed by atoms with Crippen LogP contribution in [0.2, 0.25) is 0 Å². The molecule has 2 aromatic carbocycles. The Morgan fingerprint density at radius 1 is 1.20 bits per heavy atom. The monoisotopic (exact) mass is 448 g/mol. The van der Waals surface area contributed by atoms with E-state index in [1.165, 1.54) is 28.4 Å². The number of nitrogens with zero attached hydrogens (tertiary/aromatic N) is 1. The number of carbonyl (C=O) groups excluding carboxylic acids is 1. The second kappa shape index (κ2) is 8.97. The summed E-state index contributed by atoms with van der Waals surface area (Å²) in [5.41, 5.74) is 1.38. The minimum Gasteiger partial charge on any atom is -0.495 e. The van der Waals surface area contributed by atoms with Crippen molar-refractivity contribution in [1.29, 1.82) is 0 Å². The lowest BCUT2D eigenvalue weighted by molar-refractivity contribution is 0.0729. The van der Waals surface area contributed by atoms with Gasteiger partial charge in [0.1, 0.15) is 10.6 Å². The van der Waals surface area contributed by atoms with Crippen molar-refractivity contribution in [3.8, 4) is 5.75 Å². The van der Waals surface area contributed by atoms with Crippen LogP contribution in [0, 0.1) is 0 Å². The number of rotatable bonds is 5. The van der Waals surface area contributed by atoms with Gasteiger partial charge in [-0.15, -0.1) is 11.8 Å². The molecule has 4 rings (SSSR count). The van der Waals surface area contributed by atoms with Crippen molar-refractivity contribution in [2.45, 2.75) is 22.3 Å². The van der Waals surface area contributed by atoms with E-state index in [0.29, 0.717) is 18.8 Å². The molecule has 0 aromatic heterocycles. The Hall–Kier alpha value is -2.07. The summed E-state index contributed by atoms with van der Waals surface area (Å²) < 4.78 is 38.2. The van der Waals surface area contributed by atoms with E-state index < -0.39 is 10.0 Å². The van der Waals surface area contributed by atoms with Gasteiger partial charge in [-0.2, -0.15) is 4.31 Å². The van der Waals surface area contributed by atoms with Crippen molar-refractivity contribution in [1.82, 2.24) is 9.62 Å². The molecule has 7 nitrogen and oxygen atoms in total. The third kappa shape index (κ3) is 4.20. The zero-order valence-electron chi connectivity index (χ0n) is 16.7. The number of thioether (sulfide) groups is 1. The smallest absolute Gasteiger partial charge is 0.251 e. The first-order valence-electron chi connectivity index (χ1n) is 9.79. The van der Waals surface area contributed by atoms with Gasteiger partial charge in [-0.1, -0.05) is 18.2 Å². The van der Waals surface area contributed by atoms with Gasteiger partial charge in [0.05, 0.1) is 26.4 Å². The number of ether oxygens (including phenoxy) is 2. The van der Waals surface area contributed by atoms with Gasteiger partial charge < -0.3 is 14.8 Å². The van der Waals surface area contributed by atoms with E-state index >= 15 is 0 Å². The quantitative estimate of drug-likeness (QED) is 0.757. The summed E-state index contributed by atoms with van der Waals surface area (Å²) in [7, 11) is -2.38. The Labute approximate surface area is 180 Å². The van der Waals surface area contributed by atoms with Gasteiger partial charge in [0.2, 0.25) is 10.0 Å². The predicted molar refractivity (Wildman–Crippen MR) is 115 cm³/mol. The molecule has 9 heteroatoms. The van der Waals surface area contributed by atoms with Crippen molar-refractivity contribution >= 4 is 27.7 Å². The maximum Gasteiger partial charge on any atom is 0.251 e. The number of carbonyl (C=O) groups is 1. The van der Waals surface area contributed by atoms with E-state index in [-0.39, 0.29) is 35.7 Å². The summed E-state index contributed by atoms with van der Waals surface area (Å²) in [4.78, 5) is 14.2. The Kier molecular flexibility index (Phi) is 6.33. The van der Waals surface area contributed by atoms with Crippen LogP contribution in [-0.4, -0.2) is 57.8 Å². The molecule has 0 aliphatic carbocycles. The van der Waals surface area contributed by atoms with Crippen molar-refractivity contribution in [3.05, 3.63) is 53.6 Å². The zero-order chi connectivity index (χ0) is 21.1. The molecule has 2 aromatic rings. The van der Waals surface area contributed by atoms with Gasteiger partial charge in [0, 0.05) is 29.3 Å². The van der Waals surface area contributed by atoms with Crippen LogP contribution in [0.25, 0.3) is 0 Å². The Balaban J connectivity index is 1.61. The van der Waals surface area contributed by atoms with Gasteiger partial charge in [0.15, 0.2) is 0 Å².